The number of methoxy groups -OCH3 is 2. The number of rotatable bonds is 10. The Hall–Kier alpha value is -1.54. The second kappa shape index (κ2) is 9.41. The molecule has 0 aromatic carbocycles. The minimum atomic E-state index is -2.46. The number of hydrogen-bond acceptors (Lipinski definition) is 6. The summed E-state index contributed by atoms with van der Waals surface area (Å²) in [5, 5.41) is 3.21. The average molecular weight is 305 g/mol. The van der Waals surface area contributed by atoms with E-state index in [4.69, 9.17) is 14.2 Å². The molecule has 1 aromatic heterocycles. The van der Waals surface area contributed by atoms with Gasteiger partial charge in [0.15, 0.2) is 0 Å². The van der Waals surface area contributed by atoms with Crippen molar-refractivity contribution in [3.63, 3.8) is 0 Å². The normalized spacial score (nSPS) is 12.5. The number of nitrogens with zero attached hydrogens (tertiary/aromatic N) is 2. The van der Waals surface area contributed by atoms with Gasteiger partial charge in [-0.3, -0.25) is 0 Å². The Kier molecular flexibility index (Phi) is 7.84. The molecule has 0 fully saturated rings. The highest BCUT2D eigenvalue weighted by Crippen LogP contribution is 2.25. The lowest BCUT2D eigenvalue weighted by atomic mass is 10.1. The molecule has 6 nitrogen and oxygen atoms in total. The molecule has 0 spiro atoms. The Morgan fingerprint density at radius 1 is 1.29 bits per heavy atom. The summed E-state index contributed by atoms with van der Waals surface area (Å²) in [4.78, 5) is 8.44. The Labute approximate surface area is 122 Å². The Morgan fingerprint density at radius 3 is 2.62 bits per heavy atom. The summed E-state index contributed by atoms with van der Waals surface area (Å²) in [6, 6.07) is -0.193. The highest BCUT2D eigenvalue weighted by Gasteiger charge is 2.19. The molecule has 21 heavy (non-hydrogen) atoms. The molecule has 1 aromatic rings. The van der Waals surface area contributed by atoms with Gasteiger partial charge in [-0.2, -0.15) is 4.98 Å². The van der Waals surface area contributed by atoms with Crippen LogP contribution in [0.5, 0.6) is 11.8 Å². The first-order chi connectivity index (χ1) is 10.1. The summed E-state index contributed by atoms with van der Waals surface area (Å²) in [5.74, 6) is 0.689. The van der Waals surface area contributed by atoms with E-state index < -0.39 is 13.0 Å². The number of nitrogens with one attached hydrogen (secondary N) is 1. The number of halogens is 2. The van der Waals surface area contributed by atoms with Crippen molar-refractivity contribution in [2.45, 2.75) is 25.8 Å². The molecule has 0 saturated carbocycles. The van der Waals surface area contributed by atoms with Crippen LogP contribution in [-0.2, 0) is 4.74 Å². The Morgan fingerprint density at radius 2 is 2.05 bits per heavy atom. The quantitative estimate of drug-likeness (QED) is 0.665. The monoisotopic (exact) mass is 305 g/mol. The van der Waals surface area contributed by atoms with Crippen LogP contribution in [0.2, 0.25) is 0 Å². The van der Waals surface area contributed by atoms with Gasteiger partial charge >= 0.3 is 0 Å². The van der Waals surface area contributed by atoms with Gasteiger partial charge in [-0.25, -0.2) is 13.8 Å². The molecule has 1 N–H and O–H groups in total. The highest BCUT2D eigenvalue weighted by molar-refractivity contribution is 5.25. The number of aromatic nitrogens is 2. The Bertz CT molecular complexity index is 422. The summed E-state index contributed by atoms with van der Waals surface area (Å²) in [6.45, 7) is 2.26. The minimum Gasteiger partial charge on any atom is -0.480 e. The first-order valence-corrected chi connectivity index (χ1v) is 6.66. The molecule has 0 bridgehead atoms. The molecule has 0 aliphatic heterocycles. The summed E-state index contributed by atoms with van der Waals surface area (Å²) in [7, 11) is 2.98. The van der Waals surface area contributed by atoms with Crippen LogP contribution < -0.4 is 14.8 Å². The number of hydrogen-bond donors (Lipinski definition) is 1. The maximum absolute atomic E-state index is 12.0. The molecule has 1 rings (SSSR count). The minimum absolute atomic E-state index is 0.193. The largest absolute Gasteiger partial charge is 0.480 e. The average Bonchev–Trinajstić information content (AvgIpc) is 2.49. The second-order valence-electron chi connectivity index (χ2n) is 4.17. The summed E-state index contributed by atoms with van der Waals surface area (Å²) >= 11 is 0. The lowest BCUT2D eigenvalue weighted by Gasteiger charge is -2.19. The molecule has 1 atom stereocenters. The third-order valence-corrected chi connectivity index (χ3v) is 2.72. The van der Waals surface area contributed by atoms with Crippen LogP contribution in [0.15, 0.2) is 6.20 Å². The third-order valence-electron chi connectivity index (χ3n) is 2.72. The zero-order valence-corrected chi connectivity index (χ0v) is 12.4. The van der Waals surface area contributed by atoms with E-state index in [2.05, 4.69) is 15.3 Å². The van der Waals surface area contributed by atoms with E-state index >= 15 is 0 Å². The molecule has 1 unspecified atom stereocenters. The standard InChI is InChI=1S/C13H21F2N3O3/c1-4-16-9(5-6-21-8-10(14)15)12-13(20-3)18-11(19-2)7-17-12/h7,9-10,16H,4-6,8H2,1-3H3. The van der Waals surface area contributed by atoms with Crippen LogP contribution in [0, 0.1) is 0 Å². The van der Waals surface area contributed by atoms with Crippen LogP contribution in [0.4, 0.5) is 8.78 Å². The van der Waals surface area contributed by atoms with Gasteiger partial charge in [0, 0.05) is 6.61 Å². The van der Waals surface area contributed by atoms with Crippen LogP contribution in [0.1, 0.15) is 25.1 Å². The molecule has 1 heterocycles. The molecule has 0 aliphatic rings. The van der Waals surface area contributed by atoms with Crippen LogP contribution >= 0.6 is 0 Å². The van der Waals surface area contributed by atoms with E-state index in [9.17, 15) is 8.78 Å². The van der Waals surface area contributed by atoms with Crippen molar-refractivity contribution >= 4 is 0 Å². The van der Waals surface area contributed by atoms with Crippen LogP contribution in [-0.4, -0.2) is 50.4 Å². The van der Waals surface area contributed by atoms with Crippen molar-refractivity contribution in [2.75, 3.05) is 34.0 Å². The molecule has 0 radical (unpaired) electrons. The van der Waals surface area contributed by atoms with Gasteiger partial charge in [-0.15, -0.1) is 0 Å². The first-order valence-electron chi connectivity index (χ1n) is 6.66. The maximum Gasteiger partial charge on any atom is 0.261 e. The highest BCUT2D eigenvalue weighted by atomic mass is 19.3. The number of alkyl halides is 2. The van der Waals surface area contributed by atoms with Crippen molar-refractivity contribution in [1.82, 2.24) is 15.3 Å². The second-order valence-corrected chi connectivity index (χ2v) is 4.17. The lowest BCUT2D eigenvalue weighted by Crippen LogP contribution is -2.24. The molecule has 0 saturated heterocycles. The van der Waals surface area contributed by atoms with Gasteiger partial charge in [-0.05, 0) is 13.0 Å². The van der Waals surface area contributed by atoms with Crippen LogP contribution in [0.3, 0.4) is 0 Å². The molecule has 120 valence electrons. The van der Waals surface area contributed by atoms with E-state index in [0.29, 0.717) is 30.4 Å². The van der Waals surface area contributed by atoms with E-state index in [0.717, 1.165) is 0 Å². The molecule has 0 amide bonds. The number of ether oxygens (including phenoxy) is 3. The van der Waals surface area contributed by atoms with Crippen molar-refractivity contribution < 1.29 is 23.0 Å². The molecular formula is C13H21F2N3O3. The van der Waals surface area contributed by atoms with E-state index in [-0.39, 0.29) is 12.6 Å². The van der Waals surface area contributed by atoms with Crippen molar-refractivity contribution in [3.05, 3.63) is 11.9 Å². The third kappa shape index (κ3) is 5.76. The van der Waals surface area contributed by atoms with Crippen molar-refractivity contribution in [3.8, 4) is 11.8 Å². The smallest absolute Gasteiger partial charge is 0.261 e. The van der Waals surface area contributed by atoms with Crippen molar-refractivity contribution in [2.24, 2.45) is 0 Å². The topological polar surface area (TPSA) is 65.5 Å². The van der Waals surface area contributed by atoms with E-state index in [1.165, 1.54) is 20.4 Å². The van der Waals surface area contributed by atoms with Gasteiger partial charge in [0.1, 0.15) is 12.3 Å². The molecule has 8 heteroatoms. The van der Waals surface area contributed by atoms with Gasteiger partial charge in [-0.1, -0.05) is 6.92 Å². The van der Waals surface area contributed by atoms with Crippen molar-refractivity contribution in [1.29, 1.82) is 0 Å². The van der Waals surface area contributed by atoms with E-state index in [1.54, 1.807) is 0 Å². The summed E-state index contributed by atoms with van der Waals surface area (Å²) < 4.78 is 39.2. The SMILES string of the molecule is CCNC(CCOCC(F)F)c1ncc(OC)nc1OC. The predicted octanol–water partition coefficient (Wildman–Crippen LogP) is 1.82. The molecular weight excluding hydrogens is 284 g/mol. The van der Waals surface area contributed by atoms with Gasteiger partial charge in [0.05, 0.1) is 26.5 Å². The van der Waals surface area contributed by atoms with Crippen LogP contribution in [0.25, 0.3) is 0 Å². The summed E-state index contributed by atoms with van der Waals surface area (Å²) in [6.07, 6.45) is -0.488. The van der Waals surface area contributed by atoms with Gasteiger partial charge < -0.3 is 19.5 Å². The van der Waals surface area contributed by atoms with Gasteiger partial charge in [0.2, 0.25) is 11.8 Å². The zero-order chi connectivity index (χ0) is 15.7. The summed E-state index contributed by atoms with van der Waals surface area (Å²) in [5.41, 5.74) is 0.598. The van der Waals surface area contributed by atoms with E-state index in [1.807, 2.05) is 6.92 Å². The fourth-order valence-corrected chi connectivity index (χ4v) is 1.81. The lowest BCUT2D eigenvalue weighted by molar-refractivity contribution is 0.0142. The first kappa shape index (κ1) is 17.5. The fraction of sp³-hybridized carbons (Fsp3) is 0.692. The predicted molar refractivity (Wildman–Crippen MR) is 73.0 cm³/mol. The van der Waals surface area contributed by atoms with Gasteiger partial charge in [0.25, 0.3) is 6.43 Å². The Balaban J connectivity index is 2.74. The fourth-order valence-electron chi connectivity index (χ4n) is 1.81. The molecule has 0 aliphatic carbocycles. The zero-order valence-electron chi connectivity index (χ0n) is 12.4. The maximum atomic E-state index is 12.0.